The van der Waals surface area contributed by atoms with Crippen molar-refractivity contribution in [2.45, 2.75) is 26.7 Å². The van der Waals surface area contributed by atoms with Gasteiger partial charge in [-0.2, -0.15) is 0 Å². The molecule has 14 heavy (non-hydrogen) atoms. The van der Waals surface area contributed by atoms with Crippen molar-refractivity contribution < 1.29 is 9.59 Å². The van der Waals surface area contributed by atoms with Crippen LogP contribution >= 0.6 is 0 Å². The molecule has 0 heterocycles. The van der Waals surface area contributed by atoms with Crippen molar-refractivity contribution >= 4 is 12.2 Å². The standard InChI is InChI=1S/C10H16N2O2/c1-9(3-5-11-7-13)10(2)4-6-12-8-14/h9-10H,3-6H2,1-2H3. The van der Waals surface area contributed by atoms with E-state index in [0.717, 1.165) is 12.8 Å². The van der Waals surface area contributed by atoms with Gasteiger partial charge in [0.05, 0.1) is 13.1 Å². The average molecular weight is 196 g/mol. The number of hydrogen-bond donors (Lipinski definition) is 0. The lowest BCUT2D eigenvalue weighted by Gasteiger charge is -2.17. The number of carbonyl (C=O) groups excluding carboxylic acids is 2. The van der Waals surface area contributed by atoms with Crippen LogP contribution in [-0.2, 0) is 9.59 Å². The summed E-state index contributed by atoms with van der Waals surface area (Å²) >= 11 is 0. The van der Waals surface area contributed by atoms with Crippen LogP contribution in [0.5, 0.6) is 0 Å². The molecule has 0 fully saturated rings. The highest BCUT2D eigenvalue weighted by Gasteiger charge is 2.10. The highest BCUT2D eigenvalue weighted by molar-refractivity contribution is 5.32. The molecule has 0 aromatic rings. The van der Waals surface area contributed by atoms with Crippen molar-refractivity contribution in [1.29, 1.82) is 0 Å². The first-order valence-electron chi connectivity index (χ1n) is 4.79. The summed E-state index contributed by atoms with van der Waals surface area (Å²) in [6.07, 6.45) is 4.79. The third-order valence-electron chi connectivity index (χ3n) is 2.49. The molecule has 0 radical (unpaired) electrons. The minimum Gasteiger partial charge on any atom is -0.211 e. The quantitative estimate of drug-likeness (QED) is 0.459. The molecule has 0 aromatic heterocycles. The van der Waals surface area contributed by atoms with E-state index in [0.29, 0.717) is 24.9 Å². The summed E-state index contributed by atoms with van der Waals surface area (Å²) in [6.45, 7) is 5.28. The van der Waals surface area contributed by atoms with Gasteiger partial charge < -0.3 is 0 Å². The molecule has 0 aliphatic carbocycles. The predicted molar refractivity (Wildman–Crippen MR) is 53.5 cm³/mol. The Labute approximate surface area is 84.1 Å². The Hall–Kier alpha value is -1.24. The summed E-state index contributed by atoms with van der Waals surface area (Å²) in [4.78, 5) is 26.6. The van der Waals surface area contributed by atoms with Crippen LogP contribution in [-0.4, -0.2) is 25.2 Å². The van der Waals surface area contributed by atoms with Gasteiger partial charge in [0.15, 0.2) is 0 Å². The van der Waals surface area contributed by atoms with Gasteiger partial charge in [-0.3, -0.25) is 0 Å². The lowest BCUT2D eigenvalue weighted by Crippen LogP contribution is -2.10. The topological polar surface area (TPSA) is 58.9 Å². The van der Waals surface area contributed by atoms with E-state index in [4.69, 9.17) is 0 Å². The zero-order chi connectivity index (χ0) is 10.8. The molecule has 0 amide bonds. The molecule has 0 spiro atoms. The Balaban J connectivity index is 3.68. The minimum atomic E-state index is 0.481. The van der Waals surface area contributed by atoms with E-state index >= 15 is 0 Å². The largest absolute Gasteiger partial charge is 0.234 e. The SMILES string of the molecule is CC(CCN=C=O)C(C)CCN=C=O. The molecule has 2 atom stereocenters. The molecule has 78 valence electrons. The normalized spacial score (nSPS) is 13.6. The number of hydrogen-bond acceptors (Lipinski definition) is 4. The van der Waals surface area contributed by atoms with Gasteiger partial charge in [-0.05, 0) is 24.7 Å². The van der Waals surface area contributed by atoms with Gasteiger partial charge in [0.1, 0.15) is 0 Å². The molecule has 0 saturated heterocycles. The maximum Gasteiger partial charge on any atom is 0.234 e. The van der Waals surface area contributed by atoms with E-state index in [9.17, 15) is 9.59 Å². The third-order valence-corrected chi connectivity index (χ3v) is 2.49. The third kappa shape index (κ3) is 6.30. The fourth-order valence-corrected chi connectivity index (χ4v) is 1.20. The first kappa shape index (κ1) is 12.8. The summed E-state index contributed by atoms with van der Waals surface area (Å²) in [5.41, 5.74) is 0. The van der Waals surface area contributed by atoms with Crippen molar-refractivity contribution in [3.05, 3.63) is 0 Å². The zero-order valence-corrected chi connectivity index (χ0v) is 8.69. The lowest BCUT2D eigenvalue weighted by atomic mass is 9.90. The van der Waals surface area contributed by atoms with E-state index < -0.39 is 0 Å². The molecule has 0 N–H and O–H groups in total. The minimum absolute atomic E-state index is 0.481. The Morgan fingerprint density at radius 1 is 0.929 bits per heavy atom. The van der Waals surface area contributed by atoms with Gasteiger partial charge in [0.2, 0.25) is 12.2 Å². The summed E-state index contributed by atoms with van der Waals surface area (Å²) in [6, 6.07) is 0. The van der Waals surface area contributed by atoms with Gasteiger partial charge in [-0.15, -0.1) is 0 Å². The molecule has 4 heteroatoms. The van der Waals surface area contributed by atoms with Crippen LogP contribution in [0.1, 0.15) is 26.7 Å². The van der Waals surface area contributed by atoms with Gasteiger partial charge >= 0.3 is 0 Å². The number of aliphatic imine (C=N–C) groups is 2. The molecule has 2 unspecified atom stereocenters. The summed E-state index contributed by atoms with van der Waals surface area (Å²) in [5, 5.41) is 0. The second-order valence-corrected chi connectivity index (χ2v) is 3.48. The van der Waals surface area contributed by atoms with E-state index in [-0.39, 0.29) is 0 Å². The Morgan fingerprint density at radius 2 is 1.29 bits per heavy atom. The number of isocyanates is 2. The number of rotatable bonds is 7. The monoisotopic (exact) mass is 196 g/mol. The second-order valence-electron chi connectivity index (χ2n) is 3.48. The van der Waals surface area contributed by atoms with Crippen molar-refractivity contribution in [3.8, 4) is 0 Å². The second kappa shape index (κ2) is 8.36. The average Bonchev–Trinajstić information content (AvgIpc) is 2.18. The molecular weight excluding hydrogens is 180 g/mol. The smallest absolute Gasteiger partial charge is 0.211 e. The molecule has 4 nitrogen and oxygen atoms in total. The van der Waals surface area contributed by atoms with E-state index in [2.05, 4.69) is 23.8 Å². The number of nitrogens with zero attached hydrogens (tertiary/aromatic N) is 2. The molecule has 0 aliphatic rings. The summed E-state index contributed by atoms with van der Waals surface area (Å²) in [7, 11) is 0. The van der Waals surface area contributed by atoms with Crippen LogP contribution in [0.4, 0.5) is 0 Å². The van der Waals surface area contributed by atoms with E-state index in [1.165, 1.54) is 12.2 Å². The maximum atomic E-state index is 9.82. The molecule has 0 aromatic carbocycles. The van der Waals surface area contributed by atoms with E-state index in [1.807, 2.05) is 0 Å². The Kier molecular flexibility index (Phi) is 7.62. The fraction of sp³-hybridized carbons (Fsp3) is 0.800. The van der Waals surface area contributed by atoms with Crippen molar-refractivity contribution in [2.75, 3.05) is 13.1 Å². The van der Waals surface area contributed by atoms with Gasteiger partial charge in [-0.1, -0.05) is 13.8 Å². The first-order valence-corrected chi connectivity index (χ1v) is 4.79. The van der Waals surface area contributed by atoms with Crippen LogP contribution in [0.3, 0.4) is 0 Å². The maximum absolute atomic E-state index is 9.82. The molecule has 0 aliphatic heterocycles. The summed E-state index contributed by atoms with van der Waals surface area (Å²) < 4.78 is 0. The van der Waals surface area contributed by atoms with Crippen LogP contribution in [0, 0.1) is 11.8 Å². The zero-order valence-electron chi connectivity index (χ0n) is 8.69. The highest BCUT2D eigenvalue weighted by atomic mass is 16.1. The van der Waals surface area contributed by atoms with Gasteiger partial charge in [-0.25, -0.2) is 19.6 Å². The Morgan fingerprint density at radius 3 is 1.57 bits per heavy atom. The summed E-state index contributed by atoms with van der Waals surface area (Å²) in [5.74, 6) is 0.961. The van der Waals surface area contributed by atoms with Crippen LogP contribution in [0.15, 0.2) is 9.98 Å². The predicted octanol–water partition coefficient (Wildman–Crippen LogP) is 1.71. The highest BCUT2D eigenvalue weighted by Crippen LogP contribution is 2.18. The van der Waals surface area contributed by atoms with Crippen molar-refractivity contribution in [1.82, 2.24) is 0 Å². The Bertz CT molecular complexity index is 215. The van der Waals surface area contributed by atoms with Gasteiger partial charge in [0, 0.05) is 0 Å². The molecule has 0 saturated carbocycles. The van der Waals surface area contributed by atoms with Crippen molar-refractivity contribution in [2.24, 2.45) is 21.8 Å². The fourth-order valence-electron chi connectivity index (χ4n) is 1.20. The molecule has 0 rings (SSSR count). The first-order chi connectivity index (χ1) is 6.72. The molecular formula is C10H16N2O2. The van der Waals surface area contributed by atoms with E-state index in [1.54, 1.807) is 0 Å². The van der Waals surface area contributed by atoms with Crippen LogP contribution in [0.2, 0.25) is 0 Å². The van der Waals surface area contributed by atoms with Crippen LogP contribution < -0.4 is 0 Å². The van der Waals surface area contributed by atoms with Gasteiger partial charge in [0.25, 0.3) is 0 Å². The van der Waals surface area contributed by atoms with Crippen LogP contribution in [0.25, 0.3) is 0 Å². The van der Waals surface area contributed by atoms with Crippen molar-refractivity contribution in [3.63, 3.8) is 0 Å². The molecule has 0 bridgehead atoms. The lowest BCUT2D eigenvalue weighted by molar-refractivity contribution is 0.352.